The summed E-state index contributed by atoms with van der Waals surface area (Å²) in [4.78, 5) is 9.24. The van der Waals surface area contributed by atoms with Gasteiger partial charge in [-0.25, -0.2) is 4.98 Å². The van der Waals surface area contributed by atoms with Gasteiger partial charge in [0.15, 0.2) is 5.65 Å². The Hall–Kier alpha value is -3.79. The molecule has 0 fully saturated rings. The Kier molecular flexibility index (Phi) is 4.37. The lowest BCUT2D eigenvalue weighted by atomic mass is 9.90. The van der Waals surface area contributed by atoms with Crippen molar-refractivity contribution in [2.24, 2.45) is 0 Å². The molecule has 4 heteroatoms. The first kappa shape index (κ1) is 17.3. The van der Waals surface area contributed by atoms with Crippen molar-refractivity contribution in [3.63, 3.8) is 0 Å². The Morgan fingerprint density at radius 2 is 1.34 bits per heavy atom. The number of benzene rings is 2. The lowest BCUT2D eigenvalue weighted by Gasteiger charge is -2.16. The Morgan fingerprint density at radius 3 is 2.00 bits per heavy atom. The number of aryl methyl sites for hydroxylation is 1. The summed E-state index contributed by atoms with van der Waals surface area (Å²) in [6, 6.07) is 24.9. The molecule has 3 heterocycles. The third-order valence-corrected chi connectivity index (χ3v) is 5.12. The highest BCUT2D eigenvalue weighted by molar-refractivity contribution is 6.05. The summed E-state index contributed by atoms with van der Waals surface area (Å²) < 4.78 is 1.95. The van der Waals surface area contributed by atoms with Gasteiger partial charge in [-0.2, -0.15) is 5.10 Å². The molecule has 0 saturated carbocycles. The fourth-order valence-electron chi connectivity index (χ4n) is 3.76. The van der Waals surface area contributed by atoms with E-state index in [1.807, 2.05) is 53.5 Å². The van der Waals surface area contributed by atoms with Crippen molar-refractivity contribution in [1.29, 1.82) is 0 Å². The van der Waals surface area contributed by atoms with Crippen LogP contribution in [0.4, 0.5) is 0 Å². The molecule has 0 aliphatic carbocycles. The quantitative estimate of drug-likeness (QED) is 0.395. The van der Waals surface area contributed by atoms with E-state index in [2.05, 4.69) is 54.5 Å². The van der Waals surface area contributed by atoms with Crippen molar-refractivity contribution in [2.75, 3.05) is 0 Å². The summed E-state index contributed by atoms with van der Waals surface area (Å²) in [6.07, 6.45) is 5.77. The van der Waals surface area contributed by atoms with Gasteiger partial charge in [-0.15, -0.1) is 0 Å². The second-order valence-electron chi connectivity index (χ2n) is 6.90. The SMILES string of the molecule is CCn1cc2c(-c3ccccc3)c(-c3ccncc3)c(-c3ccccc3)nc2n1. The predicted octanol–water partition coefficient (Wildman–Crippen LogP) is 5.85. The van der Waals surface area contributed by atoms with Crippen molar-refractivity contribution < 1.29 is 0 Å². The number of aromatic nitrogens is 4. The highest BCUT2D eigenvalue weighted by Crippen LogP contribution is 2.42. The van der Waals surface area contributed by atoms with E-state index in [4.69, 9.17) is 10.1 Å². The van der Waals surface area contributed by atoms with Crippen LogP contribution in [0, 0.1) is 0 Å². The van der Waals surface area contributed by atoms with E-state index in [9.17, 15) is 0 Å². The van der Waals surface area contributed by atoms with Crippen LogP contribution < -0.4 is 0 Å². The predicted molar refractivity (Wildman–Crippen MR) is 117 cm³/mol. The van der Waals surface area contributed by atoms with Gasteiger partial charge in [0.05, 0.1) is 5.69 Å². The van der Waals surface area contributed by atoms with Gasteiger partial charge < -0.3 is 0 Å². The van der Waals surface area contributed by atoms with Crippen LogP contribution in [0.5, 0.6) is 0 Å². The van der Waals surface area contributed by atoms with Crippen LogP contribution in [-0.2, 0) is 6.54 Å². The van der Waals surface area contributed by atoms with Crippen molar-refractivity contribution in [1.82, 2.24) is 19.7 Å². The number of pyridine rings is 2. The lowest BCUT2D eigenvalue weighted by Crippen LogP contribution is -1.96. The smallest absolute Gasteiger partial charge is 0.182 e. The molecule has 0 amide bonds. The molecular weight excluding hydrogens is 356 g/mol. The van der Waals surface area contributed by atoms with E-state index in [0.717, 1.165) is 51.1 Å². The van der Waals surface area contributed by atoms with Gasteiger partial charge in [-0.05, 0) is 30.2 Å². The molecule has 0 atom stereocenters. The van der Waals surface area contributed by atoms with E-state index in [0.29, 0.717) is 0 Å². The van der Waals surface area contributed by atoms with Gasteiger partial charge in [0, 0.05) is 47.2 Å². The van der Waals surface area contributed by atoms with E-state index in [1.54, 1.807) is 0 Å². The minimum atomic E-state index is 0.766. The first-order valence-electron chi connectivity index (χ1n) is 9.77. The van der Waals surface area contributed by atoms with Gasteiger partial charge >= 0.3 is 0 Å². The highest BCUT2D eigenvalue weighted by Gasteiger charge is 2.21. The largest absolute Gasteiger partial charge is 0.270 e. The number of fused-ring (bicyclic) bond motifs is 1. The maximum Gasteiger partial charge on any atom is 0.182 e. The Morgan fingerprint density at radius 1 is 0.724 bits per heavy atom. The van der Waals surface area contributed by atoms with Crippen LogP contribution in [0.1, 0.15) is 6.92 Å². The van der Waals surface area contributed by atoms with Crippen molar-refractivity contribution in [2.45, 2.75) is 13.5 Å². The zero-order valence-corrected chi connectivity index (χ0v) is 16.2. The fraction of sp³-hybridized carbons (Fsp3) is 0.0800. The van der Waals surface area contributed by atoms with Crippen LogP contribution >= 0.6 is 0 Å². The van der Waals surface area contributed by atoms with E-state index in [1.165, 1.54) is 0 Å². The summed E-state index contributed by atoms with van der Waals surface area (Å²) in [6.45, 7) is 2.89. The fourth-order valence-corrected chi connectivity index (χ4v) is 3.76. The molecule has 5 rings (SSSR count). The van der Waals surface area contributed by atoms with Crippen LogP contribution in [0.15, 0.2) is 91.4 Å². The highest BCUT2D eigenvalue weighted by atomic mass is 15.3. The molecule has 0 radical (unpaired) electrons. The van der Waals surface area contributed by atoms with E-state index in [-0.39, 0.29) is 0 Å². The summed E-state index contributed by atoms with van der Waals surface area (Å²) in [7, 11) is 0. The third-order valence-electron chi connectivity index (χ3n) is 5.12. The van der Waals surface area contributed by atoms with Crippen molar-refractivity contribution in [3.8, 4) is 33.5 Å². The van der Waals surface area contributed by atoms with Crippen LogP contribution in [0.3, 0.4) is 0 Å². The number of hydrogen-bond donors (Lipinski definition) is 0. The van der Waals surface area contributed by atoms with Gasteiger partial charge in [0.1, 0.15) is 0 Å². The summed E-state index contributed by atoms with van der Waals surface area (Å²) in [5.74, 6) is 0. The second kappa shape index (κ2) is 7.32. The minimum absolute atomic E-state index is 0.766. The average molecular weight is 376 g/mol. The molecular formula is C25H20N4. The van der Waals surface area contributed by atoms with Gasteiger partial charge in [-0.3, -0.25) is 9.67 Å². The topological polar surface area (TPSA) is 43.6 Å². The standard InChI is InChI=1S/C25H20N4/c1-2-29-17-21-22(18-9-5-3-6-10-18)23(19-13-15-26-16-14-19)24(27-25(21)28-29)20-11-7-4-8-12-20/h3-17H,2H2,1H3. The van der Waals surface area contributed by atoms with Gasteiger partial charge in [-0.1, -0.05) is 60.7 Å². The maximum absolute atomic E-state index is 5.02. The maximum atomic E-state index is 5.02. The summed E-state index contributed by atoms with van der Waals surface area (Å²) in [5.41, 5.74) is 7.28. The van der Waals surface area contributed by atoms with Crippen LogP contribution in [0.25, 0.3) is 44.5 Å². The molecule has 0 spiro atoms. The molecule has 0 unspecified atom stereocenters. The number of rotatable bonds is 4. The first-order chi connectivity index (χ1) is 14.3. The molecule has 0 aliphatic heterocycles. The Bertz CT molecular complexity index is 1260. The Labute approximate surface area is 169 Å². The average Bonchev–Trinajstić information content (AvgIpc) is 3.22. The molecule has 29 heavy (non-hydrogen) atoms. The molecule has 0 bridgehead atoms. The molecule has 2 aromatic carbocycles. The van der Waals surface area contributed by atoms with E-state index < -0.39 is 0 Å². The molecule has 0 saturated heterocycles. The summed E-state index contributed by atoms with van der Waals surface area (Å²) >= 11 is 0. The zero-order valence-electron chi connectivity index (χ0n) is 16.2. The van der Waals surface area contributed by atoms with Crippen LogP contribution in [-0.4, -0.2) is 19.7 Å². The first-order valence-corrected chi connectivity index (χ1v) is 9.77. The zero-order chi connectivity index (χ0) is 19.6. The van der Waals surface area contributed by atoms with Gasteiger partial charge in [0.2, 0.25) is 0 Å². The normalized spacial score (nSPS) is 11.1. The van der Waals surface area contributed by atoms with Crippen molar-refractivity contribution in [3.05, 3.63) is 91.4 Å². The molecule has 0 N–H and O–H groups in total. The number of nitrogens with zero attached hydrogens (tertiary/aromatic N) is 4. The monoisotopic (exact) mass is 376 g/mol. The minimum Gasteiger partial charge on any atom is -0.270 e. The van der Waals surface area contributed by atoms with Gasteiger partial charge in [0.25, 0.3) is 0 Å². The second-order valence-corrected chi connectivity index (χ2v) is 6.90. The van der Waals surface area contributed by atoms with E-state index >= 15 is 0 Å². The van der Waals surface area contributed by atoms with Crippen molar-refractivity contribution >= 4 is 11.0 Å². The Balaban J connectivity index is 1.96. The molecule has 4 nitrogen and oxygen atoms in total. The molecule has 140 valence electrons. The number of hydrogen-bond acceptors (Lipinski definition) is 3. The molecule has 3 aromatic heterocycles. The van der Waals surface area contributed by atoms with Crippen LogP contribution in [0.2, 0.25) is 0 Å². The molecule has 0 aliphatic rings. The third kappa shape index (κ3) is 3.09. The lowest BCUT2D eigenvalue weighted by molar-refractivity contribution is 0.666. The molecule has 5 aromatic rings. The summed E-state index contributed by atoms with van der Waals surface area (Å²) in [5, 5.41) is 5.79.